The molecule has 2 heteroatoms. The van der Waals surface area contributed by atoms with Gasteiger partial charge in [-0.2, -0.15) is 0 Å². The van der Waals surface area contributed by atoms with Crippen LogP contribution in [0, 0.1) is 0 Å². The summed E-state index contributed by atoms with van der Waals surface area (Å²) < 4.78 is 12.5. The van der Waals surface area contributed by atoms with Crippen molar-refractivity contribution < 1.29 is 9.47 Å². The van der Waals surface area contributed by atoms with Gasteiger partial charge in [-0.15, -0.1) is 0 Å². The highest BCUT2D eigenvalue weighted by Gasteiger charge is 2.47. The van der Waals surface area contributed by atoms with E-state index in [9.17, 15) is 0 Å². The highest BCUT2D eigenvalue weighted by atomic mass is 16.5. The second-order valence-corrected chi connectivity index (χ2v) is 6.15. The smallest absolute Gasteiger partial charge is 0.125 e. The molecule has 2 aromatic rings. The number of rotatable bonds is 0. The van der Waals surface area contributed by atoms with Gasteiger partial charge < -0.3 is 9.47 Å². The molecule has 0 fully saturated rings. The Kier molecular flexibility index (Phi) is 2.45. The Balaban J connectivity index is 1.92. The number of fused-ring (bicyclic) bond motifs is 5. The van der Waals surface area contributed by atoms with Crippen molar-refractivity contribution in [3.05, 3.63) is 65.2 Å². The lowest BCUT2D eigenvalue weighted by Gasteiger charge is -2.47. The van der Waals surface area contributed by atoms with Crippen LogP contribution in [0.3, 0.4) is 0 Å². The quantitative estimate of drug-likeness (QED) is 0.711. The second-order valence-electron chi connectivity index (χ2n) is 6.15. The summed E-state index contributed by atoms with van der Waals surface area (Å²) in [6.07, 6.45) is 0.0878. The summed E-state index contributed by atoms with van der Waals surface area (Å²) in [6, 6.07) is 16.8. The van der Waals surface area contributed by atoms with Crippen molar-refractivity contribution in [3.63, 3.8) is 0 Å². The van der Waals surface area contributed by atoms with E-state index in [1.165, 1.54) is 16.7 Å². The van der Waals surface area contributed by atoms with Crippen LogP contribution < -0.4 is 4.74 Å². The van der Waals surface area contributed by atoms with E-state index in [0.717, 1.165) is 5.75 Å². The zero-order valence-electron chi connectivity index (χ0n) is 11.8. The Labute approximate surface area is 119 Å². The third-order valence-corrected chi connectivity index (χ3v) is 4.46. The van der Waals surface area contributed by atoms with Gasteiger partial charge in [-0.1, -0.05) is 42.5 Å². The predicted molar refractivity (Wildman–Crippen MR) is 77.9 cm³/mol. The van der Waals surface area contributed by atoms with Gasteiger partial charge in [-0.3, -0.25) is 0 Å². The lowest BCUT2D eigenvalue weighted by molar-refractivity contribution is -0.0731. The van der Waals surface area contributed by atoms with Gasteiger partial charge in [0.25, 0.3) is 0 Å². The first kappa shape index (κ1) is 12.0. The fourth-order valence-electron chi connectivity index (χ4n) is 3.57. The third-order valence-electron chi connectivity index (χ3n) is 4.46. The van der Waals surface area contributed by atoms with Crippen molar-refractivity contribution in [1.82, 2.24) is 0 Å². The van der Waals surface area contributed by atoms with E-state index in [4.69, 9.17) is 9.47 Å². The molecule has 0 N–H and O–H groups in total. The normalized spacial score (nSPS) is 25.9. The van der Waals surface area contributed by atoms with Gasteiger partial charge in [0.15, 0.2) is 0 Å². The molecule has 2 aromatic carbocycles. The number of benzene rings is 2. The molecule has 0 radical (unpaired) electrons. The second kappa shape index (κ2) is 4.10. The van der Waals surface area contributed by atoms with Gasteiger partial charge in [0.05, 0.1) is 18.6 Å². The Morgan fingerprint density at radius 3 is 2.50 bits per heavy atom. The van der Waals surface area contributed by atoms with Crippen LogP contribution in [0.25, 0.3) is 0 Å². The molecule has 2 atom stereocenters. The topological polar surface area (TPSA) is 18.5 Å². The van der Waals surface area contributed by atoms with E-state index in [1.807, 2.05) is 12.1 Å². The predicted octanol–water partition coefficient (Wildman–Crippen LogP) is 4.21. The average molecular weight is 266 g/mol. The van der Waals surface area contributed by atoms with Crippen molar-refractivity contribution >= 4 is 0 Å². The van der Waals surface area contributed by atoms with Crippen molar-refractivity contribution in [3.8, 4) is 5.75 Å². The van der Waals surface area contributed by atoms with E-state index in [-0.39, 0.29) is 17.6 Å². The van der Waals surface area contributed by atoms with Crippen LogP contribution in [-0.4, -0.2) is 5.60 Å². The van der Waals surface area contributed by atoms with Crippen LogP contribution in [0.5, 0.6) is 5.75 Å². The largest absolute Gasteiger partial charge is 0.487 e. The Bertz CT molecular complexity index is 660. The summed E-state index contributed by atoms with van der Waals surface area (Å²) in [5, 5.41) is 0. The maximum atomic E-state index is 6.27. The molecule has 0 saturated heterocycles. The lowest BCUT2D eigenvalue weighted by atomic mass is 9.73. The fraction of sp³-hybridized carbons (Fsp3) is 0.333. The molecule has 4 rings (SSSR count). The van der Waals surface area contributed by atoms with Crippen LogP contribution in [0.2, 0.25) is 0 Å². The fourth-order valence-corrected chi connectivity index (χ4v) is 3.57. The number of ether oxygens (including phenoxy) is 2. The van der Waals surface area contributed by atoms with Crippen molar-refractivity contribution in [2.45, 2.75) is 38.1 Å². The third kappa shape index (κ3) is 1.61. The molecule has 0 unspecified atom stereocenters. The van der Waals surface area contributed by atoms with E-state index in [1.54, 1.807) is 0 Å². The standard InChI is InChI=1S/C18H18O2/c1-18(2)16-13-8-4-3-7-12(13)11-19-17(16)14-9-5-6-10-15(14)20-18/h3-10,16-17H,11H2,1-2H3/t16-,17+/m1/s1. The number of hydrogen-bond acceptors (Lipinski definition) is 2. The SMILES string of the molecule is CC1(C)Oc2ccccc2[C@@H]2OCc3ccccc3[C@H]21. The molecule has 0 aliphatic carbocycles. The first-order valence-corrected chi connectivity index (χ1v) is 7.14. The maximum absolute atomic E-state index is 6.27. The first-order valence-electron chi connectivity index (χ1n) is 7.14. The van der Waals surface area contributed by atoms with Gasteiger partial charge in [-0.05, 0) is 31.0 Å². The summed E-state index contributed by atoms with van der Waals surface area (Å²) in [7, 11) is 0. The first-order chi connectivity index (χ1) is 9.67. The van der Waals surface area contributed by atoms with Crippen LogP contribution in [0.15, 0.2) is 48.5 Å². The molecular formula is C18H18O2. The molecule has 2 aliphatic heterocycles. The Hall–Kier alpha value is -1.80. The average Bonchev–Trinajstić information content (AvgIpc) is 2.46. The van der Waals surface area contributed by atoms with Crippen molar-refractivity contribution in [2.75, 3.05) is 0 Å². The molecule has 0 amide bonds. The summed E-state index contributed by atoms with van der Waals surface area (Å²) in [6.45, 7) is 5.00. The van der Waals surface area contributed by atoms with E-state index in [0.29, 0.717) is 6.61 Å². The van der Waals surface area contributed by atoms with Crippen LogP contribution in [0.1, 0.15) is 42.6 Å². The monoisotopic (exact) mass is 266 g/mol. The molecule has 2 aliphatic rings. The van der Waals surface area contributed by atoms with Crippen LogP contribution >= 0.6 is 0 Å². The number of hydrogen-bond donors (Lipinski definition) is 0. The van der Waals surface area contributed by atoms with Gasteiger partial charge in [0.1, 0.15) is 11.4 Å². The molecular weight excluding hydrogens is 248 g/mol. The molecule has 2 heterocycles. The maximum Gasteiger partial charge on any atom is 0.125 e. The van der Waals surface area contributed by atoms with Crippen molar-refractivity contribution in [1.29, 1.82) is 0 Å². The van der Waals surface area contributed by atoms with E-state index < -0.39 is 0 Å². The van der Waals surface area contributed by atoms with Crippen molar-refractivity contribution in [2.24, 2.45) is 0 Å². The zero-order valence-corrected chi connectivity index (χ0v) is 11.8. The zero-order chi connectivity index (χ0) is 13.7. The molecule has 0 saturated carbocycles. The van der Waals surface area contributed by atoms with Gasteiger partial charge in [-0.25, -0.2) is 0 Å². The Morgan fingerprint density at radius 1 is 0.950 bits per heavy atom. The highest BCUT2D eigenvalue weighted by molar-refractivity contribution is 5.45. The lowest BCUT2D eigenvalue weighted by Crippen LogP contribution is -2.45. The van der Waals surface area contributed by atoms with E-state index >= 15 is 0 Å². The summed E-state index contributed by atoms with van der Waals surface area (Å²) >= 11 is 0. The van der Waals surface area contributed by atoms with Gasteiger partial charge in [0.2, 0.25) is 0 Å². The van der Waals surface area contributed by atoms with Crippen LogP contribution in [0.4, 0.5) is 0 Å². The molecule has 0 aromatic heterocycles. The molecule has 0 spiro atoms. The molecule has 102 valence electrons. The minimum atomic E-state index is -0.268. The van der Waals surface area contributed by atoms with Gasteiger partial charge in [0, 0.05) is 5.56 Å². The van der Waals surface area contributed by atoms with Gasteiger partial charge >= 0.3 is 0 Å². The minimum Gasteiger partial charge on any atom is -0.487 e. The molecule has 0 bridgehead atoms. The molecule has 20 heavy (non-hydrogen) atoms. The minimum absolute atomic E-state index is 0.0878. The highest BCUT2D eigenvalue weighted by Crippen LogP contribution is 2.53. The Morgan fingerprint density at radius 2 is 1.65 bits per heavy atom. The summed E-state index contributed by atoms with van der Waals surface area (Å²) in [5.74, 6) is 1.19. The summed E-state index contributed by atoms with van der Waals surface area (Å²) in [4.78, 5) is 0. The molecule has 2 nitrogen and oxygen atoms in total. The van der Waals surface area contributed by atoms with Crippen LogP contribution in [-0.2, 0) is 11.3 Å². The number of para-hydroxylation sites is 1. The van der Waals surface area contributed by atoms with E-state index in [2.05, 4.69) is 50.2 Å². The summed E-state index contributed by atoms with van der Waals surface area (Å²) in [5.41, 5.74) is 3.55.